The van der Waals surface area contributed by atoms with E-state index in [2.05, 4.69) is 0 Å². The monoisotopic (exact) mass is 449 g/mol. The summed E-state index contributed by atoms with van der Waals surface area (Å²) >= 11 is 0. The Hall–Kier alpha value is -1.79. The zero-order valence-electron chi connectivity index (χ0n) is 46.3. The van der Waals surface area contributed by atoms with E-state index in [1.165, 1.54) is 0 Å². The number of piperidine rings is 1. The molecule has 6 heteroatoms. The standard InChI is InChI=1S/C24H38N2O4/c1-14(2)9-17-13-26-8-7-16-10-21(28-5)22(29-6)11-18(16)19(26)12-20(17)30-24(27)23(25)15(3)4/h10-11,14-15,17,19-20,23H,7-9,12-13,25H2,1-6H3/t17?,19?,20?,23-/m0/s1/i1D3,2D3,3D3,4D3,5D3,7D2,8D2,9D2,12D2,13D2,14D,15D,17D,19D,20D,23D. The molecule has 4 atom stereocenters. The van der Waals surface area contributed by atoms with E-state index >= 15 is 0 Å². The third-order valence-electron chi connectivity index (χ3n) is 3.81. The van der Waals surface area contributed by atoms with Gasteiger partial charge in [0.05, 0.1) is 22.4 Å². The molecule has 2 N–H and O–H groups in total. The third kappa shape index (κ3) is 4.75. The van der Waals surface area contributed by atoms with Crippen LogP contribution >= 0.6 is 0 Å². The van der Waals surface area contributed by atoms with Crippen LogP contribution in [0.15, 0.2) is 12.1 Å². The number of esters is 1. The highest BCUT2D eigenvalue weighted by Gasteiger charge is 2.41. The molecule has 0 amide bonds. The lowest BCUT2D eigenvalue weighted by molar-refractivity contribution is -0.160. The number of aryl methyl sites for hydroxylation is 1. The first-order valence-electron chi connectivity index (χ1n) is 23.5. The SMILES string of the molecule is [2H]C([2H])([2H])Oc1cc2c(cc1OC)C1([2H])N(C([2H])([2H])C2([2H])[2H])C([2H])([2H])C([2H])(C([2H])([2H])C([2H])(C([2H])([2H])[2H])C([2H])([2H])[2H])C([2H])(OC(=O)[C@@]([2H])(N)C([2H])(C([2H])([2H])[2H])C([2H])([2H])[2H])C1([2H])[2H]. The molecule has 0 aliphatic carbocycles. The van der Waals surface area contributed by atoms with Gasteiger partial charge in [-0.25, -0.2) is 0 Å². The molecular formula is C24H38N2O4. The predicted molar refractivity (Wildman–Crippen MR) is 118 cm³/mol. The van der Waals surface area contributed by atoms with E-state index in [0.29, 0.717) is 12.1 Å². The summed E-state index contributed by atoms with van der Waals surface area (Å²) in [5.41, 5.74) is 2.77. The fourth-order valence-corrected chi connectivity index (χ4v) is 2.47. The molecule has 2 heterocycles. The Kier molecular flexibility index (Phi) is 1.78. The van der Waals surface area contributed by atoms with Gasteiger partial charge in [0.1, 0.15) is 12.1 Å². The fourth-order valence-electron chi connectivity index (χ4n) is 2.47. The molecule has 3 rings (SSSR count). The molecule has 0 radical (unpaired) electrons. The van der Waals surface area contributed by atoms with Crippen molar-refractivity contribution in [3.8, 4) is 11.5 Å². The lowest BCUT2D eigenvalue weighted by Gasteiger charge is -2.47. The van der Waals surface area contributed by atoms with Gasteiger partial charge in [-0.05, 0) is 47.8 Å². The fraction of sp³-hybridized carbons (Fsp3) is 0.708. The predicted octanol–water partition coefficient (Wildman–Crippen LogP) is 3.56. The van der Waals surface area contributed by atoms with Crippen molar-refractivity contribution in [3.63, 3.8) is 0 Å². The van der Waals surface area contributed by atoms with Crippen molar-refractivity contribution in [3.05, 3.63) is 23.3 Å². The van der Waals surface area contributed by atoms with Crippen LogP contribution in [0.3, 0.4) is 0 Å². The molecular weight excluding hydrogens is 380 g/mol. The molecule has 0 saturated carbocycles. The van der Waals surface area contributed by atoms with Crippen LogP contribution in [0.4, 0.5) is 0 Å². The average molecular weight is 450 g/mol. The number of methoxy groups -OCH3 is 2. The molecule has 2 aliphatic rings. The first kappa shape index (κ1) is 5.57. The molecule has 3 unspecified atom stereocenters. The number of nitrogens with zero attached hydrogens (tertiary/aromatic N) is 1. The molecule has 30 heavy (non-hydrogen) atoms. The normalized spacial score (nSPS) is 58.5. The van der Waals surface area contributed by atoms with Gasteiger partial charge in [0.15, 0.2) is 11.5 Å². The van der Waals surface area contributed by atoms with E-state index in [1.54, 1.807) is 0 Å². The van der Waals surface area contributed by atoms with Crippen LogP contribution in [-0.4, -0.2) is 50.1 Å². The summed E-state index contributed by atoms with van der Waals surface area (Å²) in [6.45, 7) is -27.7. The molecule has 1 fully saturated rings. The van der Waals surface area contributed by atoms with Crippen LogP contribution in [0.1, 0.15) is 99.8 Å². The Bertz CT molecular complexity index is 1880. The van der Waals surface area contributed by atoms with Gasteiger partial charge in [-0.3, -0.25) is 9.69 Å². The number of hydrogen-bond donors (Lipinski definition) is 1. The lowest BCUT2D eigenvalue weighted by atomic mass is 9.79. The summed E-state index contributed by atoms with van der Waals surface area (Å²) in [7, 11) is -2.62. The minimum absolute atomic E-state index is 0.320. The smallest absolute Gasteiger partial charge is 0.323 e. The van der Waals surface area contributed by atoms with Crippen LogP contribution in [-0.2, 0) is 15.9 Å². The third-order valence-corrected chi connectivity index (χ3v) is 3.81. The van der Waals surface area contributed by atoms with Crippen molar-refractivity contribution in [1.82, 2.24) is 4.90 Å². The van der Waals surface area contributed by atoms with E-state index in [-0.39, 0.29) is 0 Å². The van der Waals surface area contributed by atoms with E-state index < -0.39 is 136 Å². The van der Waals surface area contributed by atoms with Gasteiger partial charge in [-0.1, -0.05) is 27.4 Å². The molecule has 168 valence electrons. The first-order valence-corrected chi connectivity index (χ1v) is 8.00. The molecule has 1 aromatic rings. The van der Waals surface area contributed by atoms with Crippen LogP contribution in [0.25, 0.3) is 0 Å². The van der Waals surface area contributed by atoms with Gasteiger partial charge in [0.25, 0.3) is 0 Å². The van der Waals surface area contributed by atoms with Crippen molar-refractivity contribution in [2.45, 2.75) is 64.6 Å². The van der Waals surface area contributed by atoms with Gasteiger partial charge in [0.2, 0.25) is 0 Å². The van der Waals surface area contributed by atoms with Crippen LogP contribution in [0.5, 0.6) is 11.5 Å². The maximum Gasteiger partial charge on any atom is 0.323 e. The number of benzene rings is 1. The Balaban J connectivity index is 2.83. The van der Waals surface area contributed by atoms with E-state index in [9.17, 15) is 14.4 Å². The van der Waals surface area contributed by atoms with Crippen molar-refractivity contribution < 1.29 is 61.5 Å². The molecule has 1 saturated heterocycles. The molecule has 0 spiro atoms. The highest BCUT2D eigenvalue weighted by Crippen LogP contribution is 2.44. The Labute approximate surface area is 224 Å². The van der Waals surface area contributed by atoms with E-state index in [1.807, 2.05) is 0 Å². The topological polar surface area (TPSA) is 74.0 Å². The van der Waals surface area contributed by atoms with E-state index in [0.717, 1.165) is 7.11 Å². The second-order valence-corrected chi connectivity index (χ2v) is 5.69. The molecule has 2 aliphatic heterocycles. The van der Waals surface area contributed by atoms with E-state index in [4.69, 9.17) is 52.8 Å². The van der Waals surface area contributed by atoms with Gasteiger partial charge in [-0.15, -0.1) is 0 Å². The summed E-state index contributed by atoms with van der Waals surface area (Å²) in [6.07, 6.45) is -19.7. The van der Waals surface area contributed by atoms with Crippen LogP contribution in [0.2, 0.25) is 0 Å². The summed E-state index contributed by atoms with van der Waals surface area (Å²) < 4.78 is 276. The average Bonchev–Trinajstić information content (AvgIpc) is 3.01. The highest BCUT2D eigenvalue weighted by molar-refractivity contribution is 5.76. The number of fused-ring (bicyclic) bond motifs is 3. The number of nitrogens with two attached hydrogens (primary N) is 1. The van der Waals surface area contributed by atoms with Crippen LogP contribution < -0.4 is 15.2 Å². The summed E-state index contributed by atoms with van der Waals surface area (Å²) in [5, 5.41) is 0. The zero-order chi connectivity index (χ0) is 49.0. The second-order valence-electron chi connectivity index (χ2n) is 5.69. The Morgan fingerprint density at radius 2 is 2.20 bits per heavy atom. The summed E-state index contributed by atoms with van der Waals surface area (Å²) in [5.74, 6) is -20.2. The minimum atomic E-state index is -5.47. The van der Waals surface area contributed by atoms with Crippen molar-refractivity contribution in [2.75, 3.05) is 27.1 Å². The number of hydrogen-bond acceptors (Lipinski definition) is 6. The number of carbonyl (C=O) groups excluding carboxylic acids is 1. The van der Waals surface area contributed by atoms with Crippen molar-refractivity contribution in [2.24, 2.45) is 23.4 Å². The van der Waals surface area contributed by atoms with Gasteiger partial charge in [0, 0.05) is 65.5 Å². The molecule has 0 aromatic heterocycles. The highest BCUT2D eigenvalue weighted by atomic mass is 16.5. The van der Waals surface area contributed by atoms with Gasteiger partial charge < -0.3 is 19.9 Å². The van der Waals surface area contributed by atoms with Crippen molar-refractivity contribution in [1.29, 1.82) is 0 Å². The number of ether oxygens (including phenoxy) is 3. The molecule has 1 aromatic carbocycles. The Morgan fingerprint density at radius 1 is 1.40 bits per heavy atom. The molecule has 0 bridgehead atoms. The van der Waals surface area contributed by atoms with Gasteiger partial charge >= 0.3 is 5.97 Å². The van der Waals surface area contributed by atoms with Crippen LogP contribution in [0, 0.1) is 17.7 Å². The largest absolute Gasteiger partial charge is 0.493 e. The minimum Gasteiger partial charge on any atom is -0.493 e. The second kappa shape index (κ2) is 9.56. The first-order chi connectivity index (χ1) is 26.2. The Morgan fingerprint density at radius 3 is 2.90 bits per heavy atom. The maximum absolute atomic E-state index is 14.1. The van der Waals surface area contributed by atoms with Crippen molar-refractivity contribution >= 4 is 5.97 Å². The van der Waals surface area contributed by atoms with Gasteiger partial charge in [-0.2, -0.15) is 0 Å². The number of carbonyl (C=O) groups is 1. The number of rotatable bonds is 7. The maximum atomic E-state index is 14.1. The quantitative estimate of drug-likeness (QED) is 0.642. The zero-order valence-corrected chi connectivity index (χ0v) is 15.3. The molecule has 6 nitrogen and oxygen atoms in total. The summed E-state index contributed by atoms with van der Waals surface area (Å²) in [4.78, 5) is 13.2. The lowest BCUT2D eigenvalue weighted by Crippen LogP contribution is -2.51. The summed E-state index contributed by atoms with van der Waals surface area (Å²) in [6, 6.07) is -8.50.